The minimum Gasteiger partial charge on any atom is -0.497 e. The number of ether oxygens (including phenoxy) is 1. The van der Waals surface area contributed by atoms with Crippen LogP contribution in [0.3, 0.4) is 0 Å². The van der Waals surface area contributed by atoms with Crippen LogP contribution in [0.2, 0.25) is 0 Å². The number of hydrogen-bond donors (Lipinski definition) is 1. The van der Waals surface area contributed by atoms with Crippen molar-refractivity contribution in [3.63, 3.8) is 0 Å². The summed E-state index contributed by atoms with van der Waals surface area (Å²) in [6, 6.07) is 16.1. The third-order valence-electron chi connectivity index (χ3n) is 3.05. The van der Waals surface area contributed by atoms with Crippen molar-refractivity contribution in [1.29, 1.82) is 0 Å². The second-order valence-electron chi connectivity index (χ2n) is 4.77. The van der Waals surface area contributed by atoms with E-state index in [1.807, 2.05) is 56.5 Å². The van der Waals surface area contributed by atoms with Gasteiger partial charge in [0, 0.05) is 6.21 Å². The molecule has 24 heavy (non-hydrogen) atoms. The molecule has 0 radical (unpaired) electrons. The number of methoxy groups -OCH3 is 1. The molecule has 0 N–H and O–H groups in total. The van der Waals surface area contributed by atoms with Crippen LogP contribution in [0.25, 0.3) is 0 Å². The van der Waals surface area contributed by atoms with Gasteiger partial charge in [0.1, 0.15) is 5.75 Å². The summed E-state index contributed by atoms with van der Waals surface area (Å²) >= 11 is 3.92. The molecule has 0 fully saturated rings. The van der Waals surface area contributed by atoms with E-state index in [4.69, 9.17) is 4.74 Å². The van der Waals surface area contributed by atoms with Crippen molar-refractivity contribution in [3.05, 3.63) is 59.7 Å². The van der Waals surface area contributed by atoms with Crippen LogP contribution in [0.5, 0.6) is 5.75 Å². The summed E-state index contributed by atoms with van der Waals surface area (Å²) in [5.74, 6) is 1.87. The fourth-order valence-electron chi connectivity index (χ4n) is 1.66. The Labute approximate surface area is 153 Å². The molecule has 0 amide bonds. The zero-order chi connectivity index (χ0) is 18.2. The van der Waals surface area contributed by atoms with E-state index in [0.29, 0.717) is 0 Å². The molecule has 0 aliphatic heterocycles. The Morgan fingerprint density at radius 1 is 0.958 bits per heavy atom. The van der Waals surface area contributed by atoms with E-state index in [9.17, 15) is 0 Å². The van der Waals surface area contributed by atoms with Crippen molar-refractivity contribution in [1.82, 2.24) is 0 Å². The van der Waals surface area contributed by atoms with Gasteiger partial charge in [0.2, 0.25) is 0 Å². The van der Waals surface area contributed by atoms with Gasteiger partial charge >= 0.3 is 0 Å². The quantitative estimate of drug-likeness (QED) is 0.494. The van der Waals surface area contributed by atoms with Crippen molar-refractivity contribution in [2.45, 2.75) is 40.5 Å². The van der Waals surface area contributed by atoms with Crippen LogP contribution in [0.1, 0.15) is 45.2 Å². The first kappa shape index (κ1) is 22.3. The topological polar surface area (TPSA) is 21.6 Å². The Morgan fingerprint density at radius 2 is 1.50 bits per heavy atom. The highest BCUT2D eigenvalue weighted by atomic mass is 32.1. The summed E-state index contributed by atoms with van der Waals surface area (Å²) in [6.07, 6.45) is 4.10. The molecule has 0 saturated carbocycles. The molecule has 2 aromatic carbocycles. The Kier molecular flexibility index (Phi) is 13.8. The van der Waals surface area contributed by atoms with E-state index in [2.05, 4.69) is 43.6 Å². The van der Waals surface area contributed by atoms with E-state index in [0.717, 1.165) is 29.2 Å². The van der Waals surface area contributed by atoms with Crippen molar-refractivity contribution in [2.75, 3.05) is 12.9 Å². The number of hydrogen-bond acceptors (Lipinski definition) is 3. The molecule has 0 atom stereocenters. The van der Waals surface area contributed by atoms with Gasteiger partial charge in [-0.1, -0.05) is 39.8 Å². The first-order valence-corrected chi connectivity index (χ1v) is 9.24. The van der Waals surface area contributed by atoms with E-state index < -0.39 is 0 Å². The summed E-state index contributed by atoms with van der Waals surface area (Å²) in [7, 11) is 1.67. The number of aliphatic imine (C=N–C) groups is 1. The molecule has 0 aliphatic rings. The van der Waals surface area contributed by atoms with E-state index >= 15 is 0 Å². The average molecular weight is 346 g/mol. The monoisotopic (exact) mass is 345 g/mol. The summed E-state index contributed by atoms with van der Waals surface area (Å²) < 4.78 is 5.11. The first-order chi connectivity index (χ1) is 11.7. The molecule has 3 heteroatoms. The number of nitrogens with zero attached hydrogens (tertiary/aromatic N) is 1. The predicted octanol–water partition coefficient (Wildman–Crippen LogP) is 6.36. The first-order valence-electron chi connectivity index (χ1n) is 8.61. The maximum atomic E-state index is 5.11. The molecule has 0 heterocycles. The highest BCUT2D eigenvalue weighted by Gasteiger charge is 1.92. The van der Waals surface area contributed by atoms with E-state index in [-0.39, 0.29) is 0 Å². The minimum absolute atomic E-state index is 0.861. The third kappa shape index (κ3) is 9.41. The molecular formula is C21H31NOS. The molecule has 2 aromatic rings. The van der Waals surface area contributed by atoms with Gasteiger partial charge in [-0.3, -0.25) is 4.99 Å². The maximum absolute atomic E-state index is 5.11. The molecule has 0 aromatic heterocycles. The maximum Gasteiger partial charge on any atom is 0.118 e. The molecule has 2 nitrogen and oxygen atoms in total. The summed E-state index contributed by atoms with van der Waals surface area (Å²) in [5.41, 5.74) is 3.37. The Hall–Kier alpha value is -1.74. The van der Waals surface area contributed by atoms with Gasteiger partial charge in [-0.25, -0.2) is 0 Å². The van der Waals surface area contributed by atoms with Crippen molar-refractivity contribution >= 4 is 24.5 Å². The minimum atomic E-state index is 0.861. The van der Waals surface area contributed by atoms with E-state index in [1.165, 1.54) is 12.0 Å². The lowest BCUT2D eigenvalue weighted by Crippen LogP contribution is -1.84. The molecule has 0 aliphatic carbocycles. The van der Waals surface area contributed by atoms with Gasteiger partial charge in [-0.15, -0.1) is 0 Å². The molecule has 2 rings (SSSR count). The van der Waals surface area contributed by atoms with Crippen molar-refractivity contribution in [2.24, 2.45) is 4.99 Å². The van der Waals surface area contributed by atoms with Crippen molar-refractivity contribution in [3.8, 4) is 5.75 Å². The highest BCUT2D eigenvalue weighted by Crippen LogP contribution is 2.14. The Morgan fingerprint density at radius 3 is 1.92 bits per heavy atom. The number of thiol groups is 1. The second-order valence-corrected chi connectivity index (χ2v) is 5.22. The van der Waals surface area contributed by atoms with Gasteiger partial charge in [0.25, 0.3) is 0 Å². The zero-order valence-electron chi connectivity index (χ0n) is 15.6. The van der Waals surface area contributed by atoms with Gasteiger partial charge in [0.15, 0.2) is 0 Å². The lowest BCUT2D eigenvalue weighted by atomic mass is 10.1. The smallest absolute Gasteiger partial charge is 0.118 e. The van der Waals surface area contributed by atoms with Gasteiger partial charge in [-0.05, 0) is 66.1 Å². The molecule has 0 unspecified atom stereocenters. The van der Waals surface area contributed by atoms with Crippen LogP contribution in [-0.4, -0.2) is 19.1 Å². The Balaban J connectivity index is 0.000000773. The number of benzene rings is 2. The van der Waals surface area contributed by atoms with Crippen LogP contribution >= 0.6 is 12.6 Å². The molecule has 0 saturated heterocycles. The largest absolute Gasteiger partial charge is 0.497 e. The number of aryl methyl sites for hydroxylation is 1. The zero-order valence-corrected chi connectivity index (χ0v) is 16.5. The predicted molar refractivity (Wildman–Crippen MR) is 112 cm³/mol. The van der Waals surface area contributed by atoms with Crippen LogP contribution < -0.4 is 4.74 Å². The molecule has 0 spiro atoms. The SMILES string of the molecule is CC.CCCS.CCc1ccc(N=Cc2ccc(OC)cc2)cc1. The second kappa shape index (κ2) is 14.8. The molecule has 132 valence electrons. The van der Waals surface area contributed by atoms with Crippen LogP contribution in [-0.2, 0) is 6.42 Å². The summed E-state index contributed by atoms with van der Waals surface area (Å²) in [5, 5.41) is 0. The lowest BCUT2D eigenvalue weighted by molar-refractivity contribution is 0.415. The molecule has 0 bridgehead atoms. The lowest BCUT2D eigenvalue weighted by Gasteiger charge is -1.99. The van der Waals surface area contributed by atoms with Gasteiger partial charge in [-0.2, -0.15) is 12.6 Å². The highest BCUT2D eigenvalue weighted by molar-refractivity contribution is 7.80. The number of rotatable bonds is 5. The standard InChI is InChI=1S/C16H17NO.C3H8S.C2H6/c1-3-13-4-8-15(9-5-13)17-12-14-6-10-16(18-2)11-7-14;1-2-3-4;1-2/h4-12H,3H2,1-2H3;4H,2-3H2,1H3;1-2H3. The van der Waals surface area contributed by atoms with Crippen LogP contribution in [0, 0.1) is 0 Å². The third-order valence-corrected chi connectivity index (χ3v) is 3.49. The molecular weight excluding hydrogens is 314 g/mol. The Bertz CT molecular complexity index is 496. The summed E-state index contributed by atoms with van der Waals surface area (Å²) in [4.78, 5) is 4.44. The fourth-order valence-corrected chi connectivity index (χ4v) is 1.66. The van der Waals surface area contributed by atoms with E-state index in [1.54, 1.807) is 7.11 Å². The average Bonchev–Trinajstić information content (AvgIpc) is 2.69. The van der Waals surface area contributed by atoms with Crippen LogP contribution in [0.15, 0.2) is 53.5 Å². The van der Waals surface area contributed by atoms with Crippen LogP contribution in [0.4, 0.5) is 5.69 Å². The van der Waals surface area contributed by atoms with Gasteiger partial charge < -0.3 is 4.74 Å². The van der Waals surface area contributed by atoms with Gasteiger partial charge in [0.05, 0.1) is 12.8 Å². The fraction of sp³-hybridized carbons (Fsp3) is 0.381. The van der Waals surface area contributed by atoms with Crippen molar-refractivity contribution < 1.29 is 4.74 Å². The summed E-state index contributed by atoms with van der Waals surface area (Å²) in [6.45, 7) is 8.25. The normalized spacial score (nSPS) is 9.58.